The van der Waals surface area contributed by atoms with Crippen LogP contribution in [0.5, 0.6) is 5.75 Å². The molecule has 184 valence electrons. The molecule has 1 aliphatic heterocycles. The van der Waals surface area contributed by atoms with E-state index < -0.39 is 18.0 Å². The first kappa shape index (κ1) is 24.5. The third kappa shape index (κ3) is 5.72. The molecule has 4 rings (SSSR count). The average Bonchev–Trinajstić information content (AvgIpc) is 3.42. The Hall–Kier alpha value is -3.64. The summed E-state index contributed by atoms with van der Waals surface area (Å²) in [5.74, 6) is 7.81. The van der Waals surface area contributed by atoms with Gasteiger partial charge < -0.3 is 30.4 Å². The molecule has 2 amide bonds. The highest BCUT2D eigenvalue weighted by Gasteiger charge is 2.35. The number of nitrogens with one attached hydrogen (secondary N) is 2. The minimum Gasteiger partial charge on any atom is -0.486 e. The Labute approximate surface area is 210 Å². The fraction of sp³-hybridized carbons (Fsp3) is 0.273. The Morgan fingerprint density at radius 3 is 2.71 bits per heavy atom. The number of esters is 1. The van der Waals surface area contributed by atoms with E-state index in [-0.39, 0.29) is 24.5 Å². The van der Waals surface area contributed by atoms with E-state index in [1.807, 2.05) is 0 Å². The van der Waals surface area contributed by atoms with Crippen LogP contribution >= 0.6 is 23.4 Å². The third-order valence-electron chi connectivity index (χ3n) is 4.96. The van der Waals surface area contributed by atoms with Gasteiger partial charge in [0.15, 0.2) is 5.82 Å². The third-order valence-corrected chi connectivity index (χ3v) is 6.18. The van der Waals surface area contributed by atoms with Crippen LogP contribution in [0.3, 0.4) is 0 Å². The summed E-state index contributed by atoms with van der Waals surface area (Å²) in [7, 11) is 0. The lowest BCUT2D eigenvalue weighted by Crippen LogP contribution is -2.46. The molecule has 0 radical (unpaired) electrons. The van der Waals surface area contributed by atoms with Crippen molar-refractivity contribution in [2.45, 2.75) is 31.7 Å². The fourth-order valence-corrected chi connectivity index (χ4v) is 4.29. The van der Waals surface area contributed by atoms with Crippen molar-refractivity contribution in [1.29, 1.82) is 0 Å². The molecular formula is C22H23ClN6O5S. The average molecular weight is 519 g/mol. The maximum absolute atomic E-state index is 12.8. The van der Waals surface area contributed by atoms with Gasteiger partial charge in [-0.2, -0.15) is 0 Å². The van der Waals surface area contributed by atoms with Crippen LogP contribution < -0.4 is 21.2 Å². The van der Waals surface area contributed by atoms with Crippen molar-refractivity contribution in [3.8, 4) is 5.75 Å². The van der Waals surface area contributed by atoms with Crippen LogP contribution in [0.25, 0.3) is 0 Å². The lowest BCUT2D eigenvalue weighted by molar-refractivity contribution is -0.139. The molecule has 0 spiro atoms. The van der Waals surface area contributed by atoms with Crippen molar-refractivity contribution in [2.24, 2.45) is 0 Å². The van der Waals surface area contributed by atoms with E-state index in [1.54, 1.807) is 50.2 Å². The molecule has 1 atom stereocenters. The van der Waals surface area contributed by atoms with E-state index in [1.165, 1.54) is 16.4 Å². The minimum atomic E-state index is -0.800. The minimum absolute atomic E-state index is 0.0863. The number of carbonyl (C=O) groups excluding carboxylic acids is 2. The number of hydrogen-bond acceptors (Lipinski definition) is 9. The largest absolute Gasteiger partial charge is 0.486 e. The zero-order valence-corrected chi connectivity index (χ0v) is 20.5. The summed E-state index contributed by atoms with van der Waals surface area (Å²) in [6.45, 7) is 3.75. The molecule has 3 aromatic rings. The SMILES string of the molecule is CCOC(=O)C1=C(CSc2nnc(COc3ccc(Cl)cc3)n2N)NC(=O)N[C@@H]1c1ccc(C)o1. The Morgan fingerprint density at radius 1 is 1.26 bits per heavy atom. The van der Waals surface area contributed by atoms with Gasteiger partial charge in [-0.1, -0.05) is 23.4 Å². The Bertz CT molecular complexity index is 1260. The van der Waals surface area contributed by atoms with Crippen LogP contribution in [-0.2, 0) is 16.1 Å². The number of carbonyl (C=O) groups is 2. The standard InChI is InChI=1S/C22H23ClN6O5S/c1-3-32-20(30)18-15(25-21(31)26-19(18)16-9-4-12(2)34-16)11-35-22-28-27-17(29(22)24)10-33-14-7-5-13(23)6-8-14/h4-9,19H,3,10-11,24H2,1-2H3,(H2,25,26,31)/t19-/m1/s1. The molecule has 0 saturated carbocycles. The van der Waals surface area contributed by atoms with Gasteiger partial charge in [-0.05, 0) is 50.2 Å². The van der Waals surface area contributed by atoms with Gasteiger partial charge in [0, 0.05) is 16.5 Å². The Kier molecular flexibility index (Phi) is 7.51. The fourth-order valence-electron chi connectivity index (χ4n) is 3.32. The molecule has 0 unspecified atom stereocenters. The van der Waals surface area contributed by atoms with E-state index in [9.17, 15) is 9.59 Å². The quantitative estimate of drug-likeness (QED) is 0.221. The number of hydrogen-bond donors (Lipinski definition) is 3. The number of nitrogens with two attached hydrogens (primary N) is 1. The van der Waals surface area contributed by atoms with Crippen molar-refractivity contribution in [3.63, 3.8) is 0 Å². The monoisotopic (exact) mass is 518 g/mol. The molecule has 0 saturated heterocycles. The smallest absolute Gasteiger partial charge is 0.338 e. The zero-order valence-electron chi connectivity index (χ0n) is 18.9. The van der Waals surface area contributed by atoms with Gasteiger partial charge in [0.2, 0.25) is 5.16 Å². The molecule has 4 N–H and O–H groups in total. The summed E-state index contributed by atoms with van der Waals surface area (Å²) in [4.78, 5) is 25.2. The van der Waals surface area contributed by atoms with E-state index >= 15 is 0 Å². The van der Waals surface area contributed by atoms with Gasteiger partial charge in [-0.3, -0.25) is 0 Å². The highest BCUT2D eigenvalue weighted by Crippen LogP contribution is 2.31. The second kappa shape index (κ2) is 10.7. The van der Waals surface area contributed by atoms with E-state index in [0.29, 0.717) is 39.0 Å². The van der Waals surface area contributed by atoms with Crippen LogP contribution in [-0.4, -0.2) is 39.2 Å². The van der Waals surface area contributed by atoms with Gasteiger partial charge in [0.1, 0.15) is 29.9 Å². The van der Waals surface area contributed by atoms with Crippen molar-refractivity contribution in [3.05, 3.63) is 70.0 Å². The summed E-state index contributed by atoms with van der Waals surface area (Å²) in [5.41, 5.74) is 0.598. The summed E-state index contributed by atoms with van der Waals surface area (Å²) >= 11 is 7.08. The molecule has 35 heavy (non-hydrogen) atoms. The van der Waals surface area contributed by atoms with Gasteiger partial charge in [-0.25, -0.2) is 14.3 Å². The van der Waals surface area contributed by atoms with E-state index in [0.717, 1.165) is 0 Å². The van der Waals surface area contributed by atoms with Crippen LogP contribution in [0.2, 0.25) is 5.02 Å². The lowest BCUT2D eigenvalue weighted by atomic mass is 10.0. The maximum Gasteiger partial charge on any atom is 0.338 e. The van der Waals surface area contributed by atoms with Gasteiger partial charge >= 0.3 is 12.0 Å². The maximum atomic E-state index is 12.8. The first-order chi connectivity index (χ1) is 16.9. The van der Waals surface area contributed by atoms with Gasteiger partial charge in [0.25, 0.3) is 0 Å². The molecule has 13 heteroatoms. The predicted molar refractivity (Wildman–Crippen MR) is 128 cm³/mol. The van der Waals surface area contributed by atoms with E-state index in [4.69, 9.17) is 31.3 Å². The number of aromatic nitrogens is 3. The number of benzene rings is 1. The van der Waals surface area contributed by atoms with Crippen molar-refractivity contribution < 1.29 is 23.5 Å². The molecule has 3 heterocycles. The molecule has 0 bridgehead atoms. The summed E-state index contributed by atoms with van der Waals surface area (Å²) in [6.07, 6.45) is 0. The number of rotatable bonds is 9. The summed E-state index contributed by atoms with van der Waals surface area (Å²) in [6, 6.07) is 9.08. The Morgan fingerprint density at radius 2 is 2.03 bits per heavy atom. The predicted octanol–water partition coefficient (Wildman–Crippen LogP) is 3.09. The molecule has 0 fully saturated rings. The van der Waals surface area contributed by atoms with Crippen LogP contribution in [0, 0.1) is 6.92 Å². The zero-order chi connectivity index (χ0) is 24.9. The molecule has 2 aromatic heterocycles. The molecule has 1 aromatic carbocycles. The first-order valence-electron chi connectivity index (χ1n) is 10.6. The summed E-state index contributed by atoms with van der Waals surface area (Å²) in [5, 5.41) is 14.5. The van der Waals surface area contributed by atoms with Crippen LogP contribution in [0.4, 0.5) is 4.79 Å². The van der Waals surface area contributed by atoms with Gasteiger partial charge in [0.05, 0.1) is 12.2 Å². The topological polar surface area (TPSA) is 147 Å². The number of aryl methyl sites for hydroxylation is 1. The number of halogens is 1. The second-order valence-electron chi connectivity index (χ2n) is 7.39. The number of thioether (sulfide) groups is 1. The van der Waals surface area contributed by atoms with Gasteiger partial charge in [-0.15, -0.1) is 10.2 Å². The van der Waals surface area contributed by atoms with Crippen molar-refractivity contribution in [1.82, 2.24) is 25.5 Å². The molecular weight excluding hydrogens is 496 g/mol. The normalized spacial score (nSPS) is 15.5. The number of nitrogen functional groups attached to an aromatic ring is 1. The number of amides is 2. The lowest BCUT2D eigenvalue weighted by Gasteiger charge is -2.27. The number of furan rings is 1. The number of nitrogens with zero attached hydrogens (tertiary/aromatic N) is 3. The Balaban J connectivity index is 1.52. The van der Waals surface area contributed by atoms with E-state index in [2.05, 4.69) is 20.8 Å². The van der Waals surface area contributed by atoms with Crippen molar-refractivity contribution in [2.75, 3.05) is 18.2 Å². The highest BCUT2D eigenvalue weighted by molar-refractivity contribution is 7.99. The summed E-state index contributed by atoms with van der Waals surface area (Å²) < 4.78 is 17.9. The number of ether oxygens (including phenoxy) is 2. The molecule has 0 aliphatic carbocycles. The molecule has 1 aliphatic rings. The van der Waals surface area contributed by atoms with Crippen molar-refractivity contribution >= 4 is 35.4 Å². The second-order valence-corrected chi connectivity index (χ2v) is 8.77. The highest BCUT2D eigenvalue weighted by atomic mass is 35.5. The first-order valence-corrected chi connectivity index (χ1v) is 12.0. The van der Waals surface area contributed by atoms with Crippen LogP contribution in [0.1, 0.15) is 30.3 Å². The number of urea groups is 1. The molecule has 11 nitrogen and oxygen atoms in total. The van der Waals surface area contributed by atoms with Crippen LogP contribution in [0.15, 0.2) is 57.2 Å².